The number of nitrogens with zero attached hydrogens (tertiary/aromatic N) is 1. The van der Waals surface area contributed by atoms with Crippen LogP contribution in [0.25, 0.3) is 5.57 Å². The predicted octanol–water partition coefficient (Wildman–Crippen LogP) is 2.74. The van der Waals surface area contributed by atoms with Crippen molar-refractivity contribution in [2.75, 3.05) is 40.4 Å². The maximum Gasteiger partial charge on any atom is 0.278 e. The highest BCUT2D eigenvalue weighted by Crippen LogP contribution is 2.31. The molecule has 1 fully saturated rings. The molecule has 1 saturated heterocycles. The Bertz CT molecular complexity index is 910. The van der Waals surface area contributed by atoms with E-state index in [1.54, 1.807) is 14.2 Å². The average Bonchev–Trinajstić information content (AvgIpc) is 3.27. The SMILES string of the molecule is COc1ccc([C@H]2CCC[NH+]2CC(=O)N2CC=C(c3ccccc3)CC2)c(OC)c1. The molecule has 2 aromatic rings. The molecule has 2 heterocycles. The molecule has 2 aromatic carbocycles. The molecule has 4 rings (SSSR count). The molecule has 5 nitrogen and oxygen atoms in total. The Kier molecular flexibility index (Phi) is 6.38. The van der Waals surface area contributed by atoms with Crippen molar-refractivity contribution in [1.29, 1.82) is 0 Å². The summed E-state index contributed by atoms with van der Waals surface area (Å²) in [5, 5.41) is 0. The van der Waals surface area contributed by atoms with E-state index in [1.165, 1.54) is 21.6 Å². The van der Waals surface area contributed by atoms with Gasteiger partial charge in [0, 0.05) is 32.0 Å². The lowest BCUT2D eigenvalue weighted by molar-refractivity contribution is -0.910. The van der Waals surface area contributed by atoms with Crippen molar-refractivity contribution in [3.05, 3.63) is 65.7 Å². The predicted molar refractivity (Wildman–Crippen MR) is 118 cm³/mol. The van der Waals surface area contributed by atoms with Crippen LogP contribution >= 0.6 is 0 Å². The first-order valence-electron chi connectivity index (χ1n) is 10.8. The molecule has 1 amide bonds. The van der Waals surface area contributed by atoms with E-state index in [2.05, 4.69) is 36.4 Å². The van der Waals surface area contributed by atoms with Crippen molar-refractivity contribution < 1.29 is 19.2 Å². The maximum atomic E-state index is 13.1. The third kappa shape index (κ3) is 4.36. The Labute approximate surface area is 178 Å². The number of rotatable bonds is 6. The van der Waals surface area contributed by atoms with E-state index in [0.717, 1.165) is 43.9 Å². The molecule has 0 aromatic heterocycles. The van der Waals surface area contributed by atoms with Crippen LogP contribution in [-0.4, -0.2) is 51.2 Å². The Morgan fingerprint density at radius 2 is 1.97 bits per heavy atom. The number of hydrogen-bond donors (Lipinski definition) is 1. The number of nitrogens with one attached hydrogen (secondary N) is 1. The van der Waals surface area contributed by atoms with Gasteiger partial charge in [0.2, 0.25) is 0 Å². The summed E-state index contributed by atoms with van der Waals surface area (Å²) >= 11 is 0. The third-order valence-corrected chi connectivity index (χ3v) is 6.38. The summed E-state index contributed by atoms with van der Waals surface area (Å²) in [5.41, 5.74) is 3.78. The summed E-state index contributed by atoms with van der Waals surface area (Å²) in [6, 6.07) is 16.8. The molecule has 0 aliphatic carbocycles. The highest BCUT2D eigenvalue weighted by atomic mass is 16.5. The van der Waals surface area contributed by atoms with Crippen molar-refractivity contribution >= 4 is 11.5 Å². The number of likely N-dealkylation sites (tertiary alicyclic amines) is 1. The first-order valence-corrected chi connectivity index (χ1v) is 10.8. The fraction of sp³-hybridized carbons (Fsp3) is 0.400. The number of methoxy groups -OCH3 is 2. The number of carbonyl (C=O) groups excluding carboxylic acids is 1. The lowest BCUT2D eigenvalue weighted by atomic mass is 9.99. The minimum absolute atomic E-state index is 0.243. The second-order valence-corrected chi connectivity index (χ2v) is 8.07. The van der Waals surface area contributed by atoms with E-state index in [-0.39, 0.29) is 11.9 Å². The molecule has 158 valence electrons. The van der Waals surface area contributed by atoms with Crippen molar-refractivity contribution in [1.82, 2.24) is 4.90 Å². The lowest BCUT2D eigenvalue weighted by Crippen LogP contribution is -3.11. The Morgan fingerprint density at radius 3 is 2.67 bits per heavy atom. The van der Waals surface area contributed by atoms with Gasteiger partial charge in [0.05, 0.1) is 26.3 Å². The van der Waals surface area contributed by atoms with Crippen molar-refractivity contribution in [3.63, 3.8) is 0 Å². The summed E-state index contributed by atoms with van der Waals surface area (Å²) < 4.78 is 11.0. The van der Waals surface area contributed by atoms with Crippen LogP contribution in [0.4, 0.5) is 0 Å². The van der Waals surface area contributed by atoms with E-state index in [1.807, 2.05) is 23.1 Å². The number of hydrogen-bond acceptors (Lipinski definition) is 3. The van der Waals surface area contributed by atoms with Crippen LogP contribution in [0.2, 0.25) is 0 Å². The van der Waals surface area contributed by atoms with Gasteiger partial charge in [0.15, 0.2) is 6.54 Å². The van der Waals surface area contributed by atoms with E-state index in [9.17, 15) is 4.79 Å². The van der Waals surface area contributed by atoms with Gasteiger partial charge in [-0.3, -0.25) is 4.79 Å². The van der Waals surface area contributed by atoms with Crippen LogP contribution in [0.1, 0.15) is 36.4 Å². The van der Waals surface area contributed by atoms with Crippen LogP contribution in [-0.2, 0) is 4.79 Å². The smallest absolute Gasteiger partial charge is 0.278 e. The largest absolute Gasteiger partial charge is 0.497 e. The number of quaternary nitrogens is 1. The Hall–Kier alpha value is -2.79. The standard InChI is InChI=1S/C25H30N2O3/c1-29-21-10-11-22(24(17-21)30-2)23-9-6-14-27(23)18-25(28)26-15-12-20(13-16-26)19-7-4-3-5-8-19/h3-5,7-8,10-12,17,23H,6,9,13-16,18H2,1-2H3/p+1/t23-/m1/s1. The minimum Gasteiger partial charge on any atom is -0.497 e. The summed E-state index contributed by atoms with van der Waals surface area (Å²) in [6.45, 7) is 3.05. The highest BCUT2D eigenvalue weighted by molar-refractivity contribution is 5.79. The van der Waals surface area contributed by atoms with Gasteiger partial charge in [-0.1, -0.05) is 36.4 Å². The molecule has 5 heteroatoms. The molecule has 1 N–H and O–H groups in total. The molecule has 0 bridgehead atoms. The van der Waals surface area contributed by atoms with Gasteiger partial charge >= 0.3 is 0 Å². The maximum absolute atomic E-state index is 13.1. The molecule has 2 aliphatic rings. The highest BCUT2D eigenvalue weighted by Gasteiger charge is 2.35. The quantitative estimate of drug-likeness (QED) is 0.801. The van der Waals surface area contributed by atoms with Crippen LogP contribution in [0, 0.1) is 0 Å². The van der Waals surface area contributed by atoms with Gasteiger partial charge < -0.3 is 19.3 Å². The Morgan fingerprint density at radius 1 is 1.13 bits per heavy atom. The molecule has 2 atom stereocenters. The van der Waals surface area contributed by atoms with Crippen LogP contribution in [0.5, 0.6) is 11.5 Å². The molecular formula is C25H31N2O3+. The van der Waals surface area contributed by atoms with Gasteiger partial charge in [0.1, 0.15) is 17.5 Å². The van der Waals surface area contributed by atoms with Crippen LogP contribution < -0.4 is 14.4 Å². The minimum atomic E-state index is 0.243. The van der Waals surface area contributed by atoms with E-state index < -0.39 is 0 Å². The van der Waals surface area contributed by atoms with Gasteiger partial charge in [-0.05, 0) is 29.7 Å². The van der Waals surface area contributed by atoms with E-state index in [4.69, 9.17) is 9.47 Å². The van der Waals surface area contributed by atoms with Gasteiger partial charge in [-0.25, -0.2) is 0 Å². The molecular weight excluding hydrogens is 376 g/mol. The zero-order valence-electron chi connectivity index (χ0n) is 17.9. The van der Waals surface area contributed by atoms with Crippen LogP contribution in [0.15, 0.2) is 54.6 Å². The molecule has 1 unspecified atom stereocenters. The van der Waals surface area contributed by atoms with E-state index >= 15 is 0 Å². The first kappa shape index (κ1) is 20.5. The van der Waals surface area contributed by atoms with E-state index in [0.29, 0.717) is 13.1 Å². The molecule has 0 spiro atoms. The molecule has 0 saturated carbocycles. The number of ether oxygens (including phenoxy) is 2. The normalized spacial score (nSPS) is 21.3. The monoisotopic (exact) mass is 407 g/mol. The molecule has 30 heavy (non-hydrogen) atoms. The number of carbonyl (C=O) groups is 1. The average molecular weight is 408 g/mol. The lowest BCUT2D eigenvalue weighted by Gasteiger charge is -2.29. The van der Waals surface area contributed by atoms with Gasteiger partial charge in [-0.2, -0.15) is 0 Å². The molecule has 2 aliphatic heterocycles. The first-order chi connectivity index (χ1) is 14.7. The topological polar surface area (TPSA) is 43.2 Å². The van der Waals surface area contributed by atoms with Gasteiger partial charge in [-0.15, -0.1) is 0 Å². The van der Waals surface area contributed by atoms with Crippen molar-refractivity contribution in [2.45, 2.75) is 25.3 Å². The second kappa shape index (κ2) is 9.35. The van der Waals surface area contributed by atoms with Crippen LogP contribution in [0.3, 0.4) is 0 Å². The summed E-state index contributed by atoms with van der Waals surface area (Å²) in [7, 11) is 3.36. The third-order valence-electron chi connectivity index (χ3n) is 6.38. The zero-order valence-corrected chi connectivity index (χ0v) is 17.9. The second-order valence-electron chi connectivity index (χ2n) is 8.07. The fourth-order valence-electron chi connectivity index (χ4n) is 4.72. The summed E-state index contributed by atoms with van der Waals surface area (Å²) in [6.07, 6.45) is 5.32. The summed E-state index contributed by atoms with van der Waals surface area (Å²) in [5.74, 6) is 1.88. The number of amides is 1. The number of benzene rings is 2. The fourth-order valence-corrected chi connectivity index (χ4v) is 4.72. The van der Waals surface area contributed by atoms with Gasteiger partial charge in [0.25, 0.3) is 5.91 Å². The Balaban J connectivity index is 1.42. The zero-order chi connectivity index (χ0) is 20.9. The summed E-state index contributed by atoms with van der Waals surface area (Å²) in [4.78, 5) is 16.4. The van der Waals surface area contributed by atoms with Crippen molar-refractivity contribution in [3.8, 4) is 11.5 Å². The van der Waals surface area contributed by atoms with Crippen molar-refractivity contribution in [2.24, 2.45) is 0 Å². The molecule has 0 radical (unpaired) electrons.